The fourth-order valence-electron chi connectivity index (χ4n) is 4.47. The van der Waals surface area contributed by atoms with Crippen molar-refractivity contribution in [2.75, 3.05) is 19.6 Å². The number of guanidine groups is 1. The zero-order valence-electron chi connectivity index (χ0n) is 18.4. The molecular formula is C21H29F3N4O3S. The summed E-state index contributed by atoms with van der Waals surface area (Å²) >= 11 is 0. The molecule has 11 heteroatoms. The first-order chi connectivity index (χ1) is 14.7. The Labute approximate surface area is 186 Å². The summed E-state index contributed by atoms with van der Waals surface area (Å²) in [5, 5.41) is 11.2. The van der Waals surface area contributed by atoms with E-state index in [-0.39, 0.29) is 41.7 Å². The van der Waals surface area contributed by atoms with Crippen molar-refractivity contribution in [3.05, 3.63) is 29.8 Å². The summed E-state index contributed by atoms with van der Waals surface area (Å²) in [6.45, 7) is 6.58. The van der Waals surface area contributed by atoms with Gasteiger partial charge in [0.05, 0.1) is 10.5 Å². The Balaban J connectivity index is 1.61. The van der Waals surface area contributed by atoms with Crippen molar-refractivity contribution in [3.8, 4) is 0 Å². The molecule has 2 aliphatic heterocycles. The molecule has 32 heavy (non-hydrogen) atoms. The summed E-state index contributed by atoms with van der Waals surface area (Å²) in [4.78, 5) is 14.2. The SMILES string of the molecule is CC(C)CC1(C)NC(=N)N(CC2CCN(S(=O)(=O)c3ccc(C(F)(F)F)cc3)CC2)C1=O. The number of nitrogens with one attached hydrogen (secondary N) is 2. The van der Waals surface area contributed by atoms with Crippen LogP contribution in [-0.2, 0) is 21.0 Å². The van der Waals surface area contributed by atoms with Gasteiger partial charge in [-0.05, 0) is 62.3 Å². The van der Waals surface area contributed by atoms with Crippen LogP contribution in [0.3, 0.4) is 0 Å². The first-order valence-corrected chi connectivity index (χ1v) is 12.0. The molecule has 0 spiro atoms. The first-order valence-electron chi connectivity index (χ1n) is 10.6. The van der Waals surface area contributed by atoms with Crippen LogP contribution in [0.4, 0.5) is 13.2 Å². The Bertz CT molecular complexity index is 971. The topological polar surface area (TPSA) is 93.6 Å². The molecule has 1 aromatic rings. The highest BCUT2D eigenvalue weighted by Crippen LogP contribution is 2.32. The zero-order chi connectivity index (χ0) is 23.9. The molecule has 1 atom stereocenters. The maximum absolute atomic E-state index is 12.9. The maximum Gasteiger partial charge on any atom is 0.416 e. The summed E-state index contributed by atoms with van der Waals surface area (Å²) in [5.74, 6) is 0.235. The number of piperidine rings is 1. The second kappa shape index (κ2) is 8.66. The van der Waals surface area contributed by atoms with E-state index in [1.165, 1.54) is 9.21 Å². The highest BCUT2D eigenvalue weighted by atomic mass is 32.2. The highest BCUT2D eigenvalue weighted by molar-refractivity contribution is 7.89. The van der Waals surface area contributed by atoms with Gasteiger partial charge in [0.1, 0.15) is 5.54 Å². The summed E-state index contributed by atoms with van der Waals surface area (Å²) < 4.78 is 65.1. The summed E-state index contributed by atoms with van der Waals surface area (Å²) in [7, 11) is -3.90. The predicted molar refractivity (Wildman–Crippen MR) is 113 cm³/mol. The lowest BCUT2D eigenvalue weighted by molar-refractivity contribution is -0.137. The van der Waals surface area contributed by atoms with E-state index in [0.29, 0.717) is 25.8 Å². The molecule has 2 fully saturated rings. The second-order valence-electron chi connectivity index (χ2n) is 9.19. The fourth-order valence-corrected chi connectivity index (χ4v) is 5.94. The number of halogens is 3. The Hall–Kier alpha value is -2.14. The van der Waals surface area contributed by atoms with Crippen LogP contribution in [0.5, 0.6) is 0 Å². The first kappa shape index (κ1) is 24.5. The van der Waals surface area contributed by atoms with Crippen LogP contribution in [0.2, 0.25) is 0 Å². The zero-order valence-corrected chi connectivity index (χ0v) is 19.2. The van der Waals surface area contributed by atoms with Crippen molar-refractivity contribution in [2.24, 2.45) is 11.8 Å². The van der Waals surface area contributed by atoms with Gasteiger partial charge in [-0.25, -0.2) is 8.42 Å². The third kappa shape index (κ3) is 4.93. The standard InChI is InChI=1S/C21H29F3N4O3S/c1-14(2)12-20(3)18(29)28(19(25)26-20)13-15-8-10-27(11-9-15)32(30,31)17-6-4-16(5-7-17)21(22,23)24/h4-7,14-15H,8-13H2,1-3H3,(H2,25,26). The van der Waals surface area contributed by atoms with Gasteiger partial charge in [0.25, 0.3) is 5.91 Å². The number of sulfonamides is 1. The Morgan fingerprint density at radius 1 is 1.19 bits per heavy atom. The number of carbonyl (C=O) groups is 1. The van der Waals surface area contributed by atoms with E-state index in [9.17, 15) is 26.4 Å². The average molecular weight is 475 g/mol. The molecule has 7 nitrogen and oxygen atoms in total. The average Bonchev–Trinajstić information content (AvgIpc) is 2.90. The number of benzene rings is 1. The quantitative estimate of drug-likeness (QED) is 0.662. The minimum absolute atomic E-state index is 0.0292. The van der Waals surface area contributed by atoms with E-state index in [2.05, 4.69) is 5.32 Å². The molecule has 2 saturated heterocycles. The molecule has 0 bridgehead atoms. The van der Waals surface area contributed by atoms with E-state index in [0.717, 1.165) is 24.3 Å². The highest BCUT2D eigenvalue weighted by Gasteiger charge is 2.46. The van der Waals surface area contributed by atoms with Crippen LogP contribution in [0, 0.1) is 17.2 Å². The van der Waals surface area contributed by atoms with Crippen molar-refractivity contribution >= 4 is 21.9 Å². The van der Waals surface area contributed by atoms with Gasteiger partial charge in [-0.1, -0.05) is 13.8 Å². The van der Waals surface area contributed by atoms with Crippen molar-refractivity contribution < 1.29 is 26.4 Å². The van der Waals surface area contributed by atoms with Gasteiger partial charge in [0, 0.05) is 19.6 Å². The molecule has 0 aliphatic carbocycles. The Morgan fingerprint density at radius 2 is 1.75 bits per heavy atom. The van der Waals surface area contributed by atoms with Crippen molar-refractivity contribution in [3.63, 3.8) is 0 Å². The van der Waals surface area contributed by atoms with Gasteiger partial charge >= 0.3 is 6.18 Å². The second-order valence-corrected chi connectivity index (χ2v) is 11.1. The molecule has 3 rings (SSSR count). The number of nitrogens with zero attached hydrogens (tertiary/aromatic N) is 2. The monoisotopic (exact) mass is 474 g/mol. The van der Waals surface area contributed by atoms with Gasteiger partial charge in [-0.15, -0.1) is 0 Å². The van der Waals surface area contributed by atoms with Gasteiger partial charge in [-0.3, -0.25) is 15.1 Å². The van der Waals surface area contributed by atoms with Crippen LogP contribution >= 0.6 is 0 Å². The molecule has 2 heterocycles. The maximum atomic E-state index is 12.9. The molecule has 0 saturated carbocycles. The van der Waals surface area contributed by atoms with E-state index >= 15 is 0 Å². The minimum Gasteiger partial charge on any atom is -0.342 e. The molecule has 178 valence electrons. The third-order valence-electron chi connectivity index (χ3n) is 6.03. The lowest BCUT2D eigenvalue weighted by Gasteiger charge is -2.33. The Morgan fingerprint density at radius 3 is 2.25 bits per heavy atom. The largest absolute Gasteiger partial charge is 0.416 e. The van der Waals surface area contributed by atoms with E-state index in [4.69, 9.17) is 5.41 Å². The molecule has 0 radical (unpaired) electrons. The van der Waals surface area contributed by atoms with Crippen LogP contribution in [-0.4, -0.2) is 54.7 Å². The smallest absolute Gasteiger partial charge is 0.342 e. The van der Waals surface area contributed by atoms with Crippen LogP contribution in [0.15, 0.2) is 29.2 Å². The third-order valence-corrected chi connectivity index (χ3v) is 7.94. The number of amides is 1. The van der Waals surface area contributed by atoms with E-state index in [1.54, 1.807) is 6.92 Å². The molecular weight excluding hydrogens is 445 g/mol. The van der Waals surface area contributed by atoms with Gasteiger partial charge in [0.2, 0.25) is 10.0 Å². The van der Waals surface area contributed by atoms with Crippen molar-refractivity contribution in [2.45, 2.75) is 56.6 Å². The van der Waals surface area contributed by atoms with Gasteiger partial charge in [-0.2, -0.15) is 17.5 Å². The number of hydrogen-bond acceptors (Lipinski definition) is 4. The fraction of sp³-hybridized carbons (Fsp3) is 0.619. The van der Waals surface area contributed by atoms with Crippen LogP contribution in [0.1, 0.15) is 45.6 Å². The van der Waals surface area contributed by atoms with Crippen molar-refractivity contribution in [1.82, 2.24) is 14.5 Å². The van der Waals surface area contributed by atoms with Gasteiger partial charge < -0.3 is 5.32 Å². The van der Waals surface area contributed by atoms with Gasteiger partial charge in [0.15, 0.2) is 5.96 Å². The number of alkyl halides is 3. The molecule has 2 N–H and O–H groups in total. The Kier molecular flexibility index (Phi) is 6.63. The molecule has 1 unspecified atom stereocenters. The predicted octanol–water partition coefficient (Wildman–Crippen LogP) is 3.28. The summed E-state index contributed by atoms with van der Waals surface area (Å²) in [6.07, 6.45) is -2.92. The summed E-state index contributed by atoms with van der Waals surface area (Å²) in [6, 6.07) is 3.50. The van der Waals surface area contributed by atoms with E-state index in [1.807, 2.05) is 13.8 Å². The van der Waals surface area contributed by atoms with Crippen LogP contribution < -0.4 is 5.32 Å². The summed E-state index contributed by atoms with van der Waals surface area (Å²) in [5.41, 5.74) is -1.70. The molecule has 1 aromatic carbocycles. The van der Waals surface area contributed by atoms with E-state index < -0.39 is 27.3 Å². The minimum atomic E-state index is -4.53. The van der Waals surface area contributed by atoms with Crippen LogP contribution in [0.25, 0.3) is 0 Å². The molecule has 1 amide bonds. The normalized spacial score (nSPS) is 23.8. The molecule has 2 aliphatic rings. The lowest BCUT2D eigenvalue weighted by Crippen LogP contribution is -2.46. The number of hydrogen-bond donors (Lipinski definition) is 2. The molecule has 0 aromatic heterocycles. The van der Waals surface area contributed by atoms with Crippen molar-refractivity contribution in [1.29, 1.82) is 5.41 Å². The number of rotatable bonds is 6. The lowest BCUT2D eigenvalue weighted by atomic mass is 9.90. The number of carbonyl (C=O) groups excluding carboxylic acids is 1.